The molecule has 0 bridgehead atoms. The number of halogens is 3. The van der Waals surface area contributed by atoms with Crippen molar-refractivity contribution in [3.8, 4) is 0 Å². The summed E-state index contributed by atoms with van der Waals surface area (Å²) >= 11 is 0. The smallest absolute Gasteiger partial charge is 0.407 e. The zero-order valence-electron chi connectivity index (χ0n) is 13.8. The van der Waals surface area contributed by atoms with Gasteiger partial charge in [-0.3, -0.25) is 4.79 Å². The minimum Gasteiger partial charge on any atom is -0.467 e. The molecule has 0 heterocycles. The molecule has 0 unspecified atom stereocenters. The van der Waals surface area contributed by atoms with Crippen LogP contribution in [0.1, 0.15) is 13.8 Å². The standard InChI is InChI=1S/C13H22F3N3O5/c1-7(2)9(19-12(22)24-4)10(20)18-8(11(21)23-3)5-17-6-13(14,15)16/h7-9,17H,5-6H2,1-4H3,(H,18,20)(H,19,22)/t8-,9-/m0/s1. The zero-order chi connectivity index (χ0) is 18.9. The molecule has 24 heavy (non-hydrogen) atoms. The van der Waals surface area contributed by atoms with Gasteiger partial charge in [-0.1, -0.05) is 13.8 Å². The molecule has 0 aromatic rings. The highest BCUT2D eigenvalue weighted by Gasteiger charge is 2.31. The summed E-state index contributed by atoms with van der Waals surface area (Å²) in [5, 5.41) is 6.55. The summed E-state index contributed by atoms with van der Waals surface area (Å²) in [6, 6.07) is -2.38. The summed E-state index contributed by atoms with van der Waals surface area (Å²) in [6.45, 7) is 1.45. The van der Waals surface area contributed by atoms with Crippen LogP contribution in [0.5, 0.6) is 0 Å². The lowest BCUT2D eigenvalue weighted by atomic mass is 10.0. The van der Waals surface area contributed by atoms with Crippen molar-refractivity contribution >= 4 is 18.0 Å². The van der Waals surface area contributed by atoms with E-state index in [0.29, 0.717) is 0 Å². The molecule has 140 valence electrons. The monoisotopic (exact) mass is 357 g/mol. The summed E-state index contributed by atoms with van der Waals surface area (Å²) in [5.41, 5.74) is 0. The van der Waals surface area contributed by atoms with Crippen molar-refractivity contribution in [1.29, 1.82) is 0 Å². The third-order valence-electron chi connectivity index (χ3n) is 2.88. The SMILES string of the molecule is COC(=O)N[C@H](C(=O)N[C@@H](CNCC(F)(F)F)C(=O)OC)C(C)C. The van der Waals surface area contributed by atoms with Gasteiger partial charge in [0, 0.05) is 6.54 Å². The van der Waals surface area contributed by atoms with Crippen LogP contribution < -0.4 is 16.0 Å². The highest BCUT2D eigenvalue weighted by Crippen LogP contribution is 2.12. The van der Waals surface area contributed by atoms with Gasteiger partial charge in [0.05, 0.1) is 20.8 Å². The van der Waals surface area contributed by atoms with E-state index in [4.69, 9.17) is 0 Å². The van der Waals surface area contributed by atoms with E-state index >= 15 is 0 Å². The van der Waals surface area contributed by atoms with E-state index in [-0.39, 0.29) is 5.92 Å². The van der Waals surface area contributed by atoms with E-state index in [1.165, 1.54) is 0 Å². The van der Waals surface area contributed by atoms with Gasteiger partial charge in [0.1, 0.15) is 12.1 Å². The summed E-state index contributed by atoms with van der Waals surface area (Å²) in [4.78, 5) is 35.0. The fourth-order valence-corrected chi connectivity index (χ4v) is 1.68. The second kappa shape index (κ2) is 9.96. The van der Waals surface area contributed by atoms with Gasteiger partial charge in [-0.05, 0) is 5.92 Å². The molecule has 0 aliphatic heterocycles. The third kappa shape index (κ3) is 8.56. The van der Waals surface area contributed by atoms with Crippen molar-refractivity contribution in [2.24, 2.45) is 5.92 Å². The second-order valence-corrected chi connectivity index (χ2v) is 5.19. The lowest BCUT2D eigenvalue weighted by molar-refractivity contribution is -0.146. The Morgan fingerprint density at radius 3 is 2.04 bits per heavy atom. The molecule has 2 amide bonds. The van der Waals surface area contributed by atoms with E-state index in [1.807, 2.05) is 5.32 Å². The molecule has 11 heteroatoms. The first-order valence-electron chi connectivity index (χ1n) is 7.02. The van der Waals surface area contributed by atoms with Crippen molar-refractivity contribution in [2.45, 2.75) is 32.1 Å². The number of alkyl carbamates (subject to hydrolysis) is 1. The number of alkyl halides is 3. The molecule has 0 aliphatic carbocycles. The predicted octanol–water partition coefficient (Wildman–Crippen LogP) is 0.177. The summed E-state index contributed by atoms with van der Waals surface area (Å²) < 4.78 is 45.3. The van der Waals surface area contributed by atoms with E-state index in [1.54, 1.807) is 13.8 Å². The van der Waals surface area contributed by atoms with Gasteiger partial charge in [-0.15, -0.1) is 0 Å². The number of carbonyl (C=O) groups is 3. The van der Waals surface area contributed by atoms with Gasteiger partial charge >= 0.3 is 18.2 Å². The van der Waals surface area contributed by atoms with Crippen LogP contribution in [0.3, 0.4) is 0 Å². The Labute approximate surface area is 137 Å². The molecular formula is C13H22F3N3O5. The van der Waals surface area contributed by atoms with E-state index in [9.17, 15) is 27.6 Å². The average Bonchev–Trinajstić information content (AvgIpc) is 2.48. The van der Waals surface area contributed by atoms with Crippen LogP contribution >= 0.6 is 0 Å². The number of rotatable bonds is 8. The molecular weight excluding hydrogens is 335 g/mol. The predicted molar refractivity (Wildman–Crippen MR) is 77.0 cm³/mol. The Hall–Kier alpha value is -2.04. The molecule has 0 saturated carbocycles. The molecule has 3 N–H and O–H groups in total. The molecule has 0 aromatic heterocycles. The number of methoxy groups -OCH3 is 2. The first-order chi connectivity index (χ1) is 11.0. The Kier molecular flexibility index (Phi) is 9.11. The molecule has 0 aromatic carbocycles. The molecule has 0 saturated heterocycles. The largest absolute Gasteiger partial charge is 0.467 e. The molecule has 8 nitrogen and oxygen atoms in total. The van der Waals surface area contributed by atoms with E-state index in [0.717, 1.165) is 14.2 Å². The van der Waals surface area contributed by atoms with E-state index < -0.39 is 49.3 Å². The lowest BCUT2D eigenvalue weighted by Crippen LogP contribution is -2.56. The van der Waals surface area contributed by atoms with Gasteiger partial charge < -0.3 is 25.4 Å². The van der Waals surface area contributed by atoms with Crippen LogP contribution in [0.4, 0.5) is 18.0 Å². The lowest BCUT2D eigenvalue weighted by Gasteiger charge is -2.24. The molecule has 0 aliphatic rings. The Bertz CT molecular complexity index is 443. The fourth-order valence-electron chi connectivity index (χ4n) is 1.68. The number of hydrogen-bond donors (Lipinski definition) is 3. The van der Waals surface area contributed by atoms with Gasteiger partial charge in [0.25, 0.3) is 0 Å². The normalized spacial score (nSPS) is 13.8. The zero-order valence-corrected chi connectivity index (χ0v) is 13.8. The topological polar surface area (TPSA) is 106 Å². The van der Waals surface area contributed by atoms with Gasteiger partial charge in [-0.2, -0.15) is 13.2 Å². The highest BCUT2D eigenvalue weighted by molar-refractivity contribution is 5.89. The maximum atomic E-state index is 12.2. The maximum absolute atomic E-state index is 12.2. The fraction of sp³-hybridized carbons (Fsp3) is 0.769. The summed E-state index contributed by atoms with van der Waals surface area (Å²) in [7, 11) is 2.15. The summed E-state index contributed by atoms with van der Waals surface area (Å²) in [6.07, 6.45) is -5.31. The maximum Gasteiger partial charge on any atom is 0.407 e. The van der Waals surface area contributed by atoms with Crippen molar-refractivity contribution in [2.75, 3.05) is 27.3 Å². The van der Waals surface area contributed by atoms with Gasteiger partial charge in [0.2, 0.25) is 5.91 Å². The molecule has 0 rings (SSSR count). The minimum absolute atomic E-state index is 0.356. The highest BCUT2D eigenvalue weighted by atomic mass is 19.4. The third-order valence-corrected chi connectivity index (χ3v) is 2.88. The minimum atomic E-state index is -4.46. The molecule has 0 radical (unpaired) electrons. The molecule has 0 fully saturated rings. The number of carbonyl (C=O) groups excluding carboxylic acids is 3. The van der Waals surface area contributed by atoms with Crippen LogP contribution in [0.2, 0.25) is 0 Å². The van der Waals surface area contributed by atoms with Crippen LogP contribution in [0, 0.1) is 5.92 Å². The van der Waals surface area contributed by atoms with Crippen molar-refractivity contribution in [3.05, 3.63) is 0 Å². The van der Waals surface area contributed by atoms with Crippen LogP contribution in [-0.2, 0) is 19.1 Å². The molecule has 0 spiro atoms. The quantitative estimate of drug-likeness (QED) is 0.535. The number of nitrogens with one attached hydrogen (secondary N) is 3. The average molecular weight is 357 g/mol. The van der Waals surface area contributed by atoms with E-state index in [2.05, 4.69) is 20.1 Å². The van der Waals surface area contributed by atoms with Gasteiger partial charge in [0.15, 0.2) is 0 Å². The number of hydrogen-bond acceptors (Lipinski definition) is 6. The van der Waals surface area contributed by atoms with Crippen LogP contribution in [0.15, 0.2) is 0 Å². The number of esters is 1. The van der Waals surface area contributed by atoms with Crippen molar-refractivity contribution in [3.63, 3.8) is 0 Å². The van der Waals surface area contributed by atoms with Crippen LogP contribution in [0.25, 0.3) is 0 Å². The first kappa shape index (κ1) is 22.0. The molecule has 2 atom stereocenters. The van der Waals surface area contributed by atoms with Crippen LogP contribution in [-0.4, -0.2) is 63.5 Å². The Morgan fingerprint density at radius 2 is 1.62 bits per heavy atom. The summed E-state index contributed by atoms with van der Waals surface area (Å²) in [5.74, 6) is -2.02. The number of ether oxygens (including phenoxy) is 2. The van der Waals surface area contributed by atoms with Crippen molar-refractivity contribution in [1.82, 2.24) is 16.0 Å². The first-order valence-corrected chi connectivity index (χ1v) is 7.02. The number of amides is 2. The Balaban J connectivity index is 4.87. The van der Waals surface area contributed by atoms with Gasteiger partial charge in [-0.25, -0.2) is 9.59 Å². The van der Waals surface area contributed by atoms with Crippen molar-refractivity contribution < 1.29 is 37.0 Å². The Morgan fingerprint density at radius 1 is 1.04 bits per heavy atom. The second-order valence-electron chi connectivity index (χ2n) is 5.19.